The number of para-hydroxylation sites is 2. The van der Waals surface area contributed by atoms with Gasteiger partial charge in [0.25, 0.3) is 0 Å². The summed E-state index contributed by atoms with van der Waals surface area (Å²) in [5, 5.41) is 6.21. The lowest BCUT2D eigenvalue weighted by Crippen LogP contribution is -2.36. The van der Waals surface area contributed by atoms with Crippen molar-refractivity contribution in [3.63, 3.8) is 0 Å². The average molecular weight is 331 g/mol. The Morgan fingerprint density at radius 2 is 1.92 bits per heavy atom. The molecule has 0 saturated heterocycles. The molecule has 0 radical (unpaired) electrons. The van der Waals surface area contributed by atoms with Crippen LogP contribution >= 0.6 is 0 Å². The van der Waals surface area contributed by atoms with Crippen molar-refractivity contribution in [3.8, 4) is 0 Å². The van der Waals surface area contributed by atoms with Crippen molar-refractivity contribution in [2.75, 3.05) is 6.54 Å². The number of aromatic nitrogens is 2. The highest BCUT2D eigenvalue weighted by Gasteiger charge is 2.25. The van der Waals surface area contributed by atoms with Crippen molar-refractivity contribution in [2.24, 2.45) is 0 Å². The Morgan fingerprint density at radius 3 is 2.84 bits per heavy atom. The van der Waals surface area contributed by atoms with Gasteiger partial charge in [0, 0.05) is 47.1 Å². The number of H-pyrrole nitrogens is 1. The summed E-state index contributed by atoms with van der Waals surface area (Å²) < 4.78 is 5.31. The van der Waals surface area contributed by atoms with Gasteiger partial charge in [-0.25, -0.2) is 0 Å². The number of amides is 1. The zero-order chi connectivity index (χ0) is 16.8. The maximum absolute atomic E-state index is 12.8. The van der Waals surface area contributed by atoms with E-state index >= 15 is 0 Å². The third kappa shape index (κ3) is 2.31. The van der Waals surface area contributed by atoms with E-state index in [9.17, 15) is 4.79 Å². The summed E-state index contributed by atoms with van der Waals surface area (Å²) in [5.74, 6) is 0.0926. The predicted octanol–water partition coefficient (Wildman–Crippen LogP) is 3.44. The molecule has 1 aliphatic heterocycles. The summed E-state index contributed by atoms with van der Waals surface area (Å²) in [5.41, 5.74) is 5.06. The smallest absolute Gasteiger partial charge is 0.229 e. The van der Waals surface area contributed by atoms with E-state index in [1.165, 1.54) is 16.6 Å². The first-order chi connectivity index (χ1) is 12.3. The third-order valence-electron chi connectivity index (χ3n) is 5.01. The number of hydrogen-bond donors (Lipinski definition) is 1. The van der Waals surface area contributed by atoms with Crippen LogP contribution in [-0.2, 0) is 24.2 Å². The van der Waals surface area contributed by atoms with E-state index in [-0.39, 0.29) is 12.3 Å². The number of rotatable bonds is 2. The minimum absolute atomic E-state index is 0.0926. The lowest BCUT2D eigenvalue weighted by molar-refractivity contribution is -0.131. The lowest BCUT2D eigenvalue weighted by atomic mass is 10.0. The minimum Gasteiger partial charge on any atom is -0.358 e. The Bertz CT molecular complexity index is 1090. The van der Waals surface area contributed by atoms with Gasteiger partial charge in [-0.2, -0.15) is 0 Å². The molecule has 0 saturated carbocycles. The molecule has 5 heteroatoms. The van der Waals surface area contributed by atoms with Gasteiger partial charge >= 0.3 is 0 Å². The van der Waals surface area contributed by atoms with Crippen LogP contribution in [-0.4, -0.2) is 27.5 Å². The Labute approximate surface area is 144 Å². The maximum Gasteiger partial charge on any atom is 0.229 e. The van der Waals surface area contributed by atoms with Crippen molar-refractivity contribution in [2.45, 2.75) is 19.4 Å². The first-order valence-corrected chi connectivity index (χ1v) is 8.49. The maximum atomic E-state index is 12.8. The molecule has 25 heavy (non-hydrogen) atoms. The van der Waals surface area contributed by atoms with Crippen LogP contribution in [0.2, 0.25) is 0 Å². The van der Waals surface area contributed by atoms with Crippen molar-refractivity contribution < 1.29 is 9.32 Å². The van der Waals surface area contributed by atoms with Crippen LogP contribution in [0.3, 0.4) is 0 Å². The summed E-state index contributed by atoms with van der Waals surface area (Å²) in [6, 6.07) is 15.9. The highest BCUT2D eigenvalue weighted by atomic mass is 16.5. The fourth-order valence-corrected chi connectivity index (χ4v) is 3.70. The van der Waals surface area contributed by atoms with E-state index in [0.717, 1.165) is 29.5 Å². The molecule has 5 nitrogen and oxygen atoms in total. The molecule has 1 N–H and O–H groups in total. The zero-order valence-corrected chi connectivity index (χ0v) is 13.7. The Hall–Kier alpha value is -3.08. The fourth-order valence-electron chi connectivity index (χ4n) is 3.70. The molecule has 0 fully saturated rings. The lowest BCUT2D eigenvalue weighted by Gasteiger charge is -2.27. The second kappa shape index (κ2) is 5.48. The van der Waals surface area contributed by atoms with Gasteiger partial charge in [0.2, 0.25) is 5.91 Å². The largest absolute Gasteiger partial charge is 0.358 e. The van der Waals surface area contributed by atoms with Crippen molar-refractivity contribution in [1.82, 2.24) is 15.0 Å². The number of hydrogen-bond acceptors (Lipinski definition) is 3. The molecule has 0 unspecified atom stereocenters. The topological polar surface area (TPSA) is 62.1 Å². The van der Waals surface area contributed by atoms with Gasteiger partial charge in [0.15, 0.2) is 5.58 Å². The molecular weight excluding hydrogens is 314 g/mol. The number of nitrogens with one attached hydrogen (secondary N) is 1. The molecule has 1 aliphatic rings. The van der Waals surface area contributed by atoms with Crippen LogP contribution in [0, 0.1) is 0 Å². The van der Waals surface area contributed by atoms with Crippen LogP contribution < -0.4 is 0 Å². The summed E-state index contributed by atoms with van der Waals surface area (Å²) >= 11 is 0. The third-order valence-corrected chi connectivity index (χ3v) is 5.01. The minimum atomic E-state index is 0.0926. The molecule has 1 amide bonds. The Morgan fingerprint density at radius 1 is 1.12 bits per heavy atom. The molecule has 2 aromatic carbocycles. The normalized spacial score (nSPS) is 14.2. The van der Waals surface area contributed by atoms with E-state index in [2.05, 4.69) is 22.3 Å². The Balaban J connectivity index is 1.41. The first-order valence-electron chi connectivity index (χ1n) is 8.49. The van der Waals surface area contributed by atoms with Crippen LogP contribution in [0.25, 0.3) is 21.9 Å². The van der Waals surface area contributed by atoms with Gasteiger partial charge in [0.1, 0.15) is 5.69 Å². The second-order valence-corrected chi connectivity index (χ2v) is 6.50. The molecule has 124 valence electrons. The summed E-state index contributed by atoms with van der Waals surface area (Å²) in [7, 11) is 0. The number of aromatic amines is 1. The van der Waals surface area contributed by atoms with E-state index in [1.807, 2.05) is 41.3 Å². The van der Waals surface area contributed by atoms with E-state index in [0.29, 0.717) is 12.2 Å². The Kier molecular flexibility index (Phi) is 3.13. The van der Waals surface area contributed by atoms with Crippen molar-refractivity contribution in [1.29, 1.82) is 0 Å². The highest BCUT2D eigenvalue weighted by Crippen LogP contribution is 2.28. The van der Waals surface area contributed by atoms with Gasteiger partial charge in [-0.15, -0.1) is 0 Å². The van der Waals surface area contributed by atoms with E-state index < -0.39 is 0 Å². The van der Waals surface area contributed by atoms with Gasteiger partial charge in [-0.1, -0.05) is 35.5 Å². The van der Waals surface area contributed by atoms with Gasteiger partial charge < -0.3 is 14.4 Å². The molecule has 0 spiro atoms. The van der Waals surface area contributed by atoms with Gasteiger partial charge in [-0.3, -0.25) is 4.79 Å². The summed E-state index contributed by atoms with van der Waals surface area (Å²) in [4.78, 5) is 18.2. The monoisotopic (exact) mass is 331 g/mol. The fraction of sp³-hybridized carbons (Fsp3) is 0.200. The number of fused-ring (bicyclic) bond motifs is 4. The number of carbonyl (C=O) groups excluding carboxylic acids is 1. The molecule has 0 atom stereocenters. The number of nitrogens with zero attached hydrogens (tertiary/aromatic N) is 2. The first kappa shape index (κ1) is 14.3. The van der Waals surface area contributed by atoms with Gasteiger partial charge in [-0.05, 0) is 18.2 Å². The zero-order valence-electron chi connectivity index (χ0n) is 13.7. The van der Waals surface area contributed by atoms with E-state index in [1.54, 1.807) is 0 Å². The number of carbonyl (C=O) groups is 1. The number of benzene rings is 2. The van der Waals surface area contributed by atoms with Crippen LogP contribution in [0.5, 0.6) is 0 Å². The highest BCUT2D eigenvalue weighted by molar-refractivity contribution is 5.88. The SMILES string of the molecule is O=C(Cc1noc2ccccc12)N1CCc2[nH]c3ccccc3c2C1. The molecule has 5 rings (SSSR count). The molecular formula is C20H17N3O2. The van der Waals surface area contributed by atoms with Crippen LogP contribution in [0.4, 0.5) is 0 Å². The average Bonchev–Trinajstić information content (AvgIpc) is 3.22. The molecule has 0 aliphatic carbocycles. The van der Waals surface area contributed by atoms with E-state index in [4.69, 9.17) is 4.52 Å². The molecule has 3 heterocycles. The summed E-state index contributed by atoms with van der Waals surface area (Å²) in [6.45, 7) is 1.38. The van der Waals surface area contributed by atoms with Crippen LogP contribution in [0.1, 0.15) is 17.0 Å². The molecule has 2 aromatic heterocycles. The quantitative estimate of drug-likeness (QED) is 0.612. The second-order valence-electron chi connectivity index (χ2n) is 6.50. The van der Waals surface area contributed by atoms with Crippen molar-refractivity contribution in [3.05, 3.63) is 65.5 Å². The summed E-state index contributed by atoms with van der Waals surface area (Å²) in [6.07, 6.45) is 1.13. The predicted molar refractivity (Wildman–Crippen MR) is 95.1 cm³/mol. The van der Waals surface area contributed by atoms with Crippen LogP contribution in [0.15, 0.2) is 53.1 Å². The van der Waals surface area contributed by atoms with Gasteiger partial charge in [0.05, 0.1) is 6.42 Å². The van der Waals surface area contributed by atoms with Crippen molar-refractivity contribution >= 4 is 27.8 Å². The standard InChI is InChI=1S/C20H17N3O2/c24-20(11-18-14-6-2-4-8-19(14)25-22-18)23-10-9-17-15(12-23)13-5-1-3-7-16(13)21-17/h1-8,21H,9-12H2. The molecule has 4 aromatic rings. The molecule has 0 bridgehead atoms.